The van der Waals surface area contributed by atoms with Gasteiger partial charge in [0.15, 0.2) is 5.96 Å². The van der Waals surface area contributed by atoms with Crippen LogP contribution in [0.25, 0.3) is 0 Å². The second-order valence-corrected chi connectivity index (χ2v) is 9.40. The van der Waals surface area contributed by atoms with Crippen molar-refractivity contribution in [2.45, 2.75) is 52.5 Å². The van der Waals surface area contributed by atoms with Crippen molar-refractivity contribution in [1.82, 2.24) is 20.1 Å². The fraction of sp³-hybridized carbons (Fsp3) is 0.810. The first-order valence-electron chi connectivity index (χ1n) is 10.8. The predicted molar refractivity (Wildman–Crippen MR) is 132 cm³/mol. The van der Waals surface area contributed by atoms with Crippen molar-refractivity contribution in [2.75, 3.05) is 53.0 Å². The van der Waals surface area contributed by atoms with E-state index in [1.54, 1.807) is 11.3 Å². The average Bonchev–Trinajstić information content (AvgIpc) is 3.11. The van der Waals surface area contributed by atoms with Crippen LogP contribution < -0.4 is 5.32 Å². The Bertz CT molecular complexity index is 626. The number of guanidine groups is 1. The topological polar surface area (TPSA) is 53.0 Å². The van der Waals surface area contributed by atoms with Gasteiger partial charge in [-0.3, -0.25) is 9.89 Å². The molecule has 0 radical (unpaired) electrons. The molecule has 3 rings (SSSR count). The maximum atomic E-state index is 5.55. The van der Waals surface area contributed by atoms with Gasteiger partial charge in [0.05, 0.1) is 30.5 Å². The minimum atomic E-state index is 0. The van der Waals surface area contributed by atoms with E-state index in [4.69, 9.17) is 9.73 Å². The van der Waals surface area contributed by atoms with Crippen molar-refractivity contribution in [3.05, 3.63) is 16.1 Å². The van der Waals surface area contributed by atoms with E-state index < -0.39 is 0 Å². The number of hydrogen-bond acceptors (Lipinski definition) is 5. The SMILES string of the molecule is CCNC(=NCC1(CN2CCOCC2)CCCCC1)N(C)Cc1csc(C)n1.I. The first-order chi connectivity index (χ1) is 13.6. The Morgan fingerprint density at radius 1 is 1.31 bits per heavy atom. The molecule has 0 unspecified atom stereocenters. The Balaban J connectivity index is 0.00000300. The van der Waals surface area contributed by atoms with Gasteiger partial charge in [0, 0.05) is 50.6 Å². The largest absolute Gasteiger partial charge is 0.379 e. The minimum absolute atomic E-state index is 0. The number of hydrogen-bond donors (Lipinski definition) is 1. The molecule has 1 saturated carbocycles. The van der Waals surface area contributed by atoms with Crippen molar-refractivity contribution in [3.8, 4) is 0 Å². The average molecular weight is 536 g/mol. The quantitative estimate of drug-likeness (QED) is 0.328. The lowest BCUT2D eigenvalue weighted by atomic mass is 9.73. The van der Waals surface area contributed by atoms with Gasteiger partial charge in [-0.15, -0.1) is 35.3 Å². The van der Waals surface area contributed by atoms with Gasteiger partial charge in [0.1, 0.15) is 0 Å². The normalized spacial score (nSPS) is 20.2. The molecule has 166 valence electrons. The Hall–Kier alpha value is -0.450. The van der Waals surface area contributed by atoms with Crippen LogP contribution in [0.5, 0.6) is 0 Å². The van der Waals surface area contributed by atoms with E-state index >= 15 is 0 Å². The fourth-order valence-corrected chi connectivity index (χ4v) is 5.02. The third kappa shape index (κ3) is 7.63. The van der Waals surface area contributed by atoms with Gasteiger partial charge in [-0.25, -0.2) is 4.98 Å². The van der Waals surface area contributed by atoms with Gasteiger partial charge in [0.25, 0.3) is 0 Å². The molecule has 6 nitrogen and oxygen atoms in total. The van der Waals surface area contributed by atoms with E-state index in [1.807, 2.05) is 0 Å². The molecule has 0 spiro atoms. The van der Waals surface area contributed by atoms with Crippen LogP contribution in [-0.2, 0) is 11.3 Å². The zero-order valence-electron chi connectivity index (χ0n) is 18.3. The first-order valence-corrected chi connectivity index (χ1v) is 11.7. The van der Waals surface area contributed by atoms with Gasteiger partial charge < -0.3 is 15.0 Å². The Morgan fingerprint density at radius 2 is 2.03 bits per heavy atom. The molecule has 2 heterocycles. The molecule has 8 heteroatoms. The smallest absolute Gasteiger partial charge is 0.194 e. The summed E-state index contributed by atoms with van der Waals surface area (Å²) in [4.78, 5) is 14.5. The monoisotopic (exact) mass is 535 g/mol. The number of aryl methyl sites for hydroxylation is 1. The lowest BCUT2D eigenvalue weighted by Gasteiger charge is -2.41. The molecule has 2 aliphatic rings. The van der Waals surface area contributed by atoms with Crippen molar-refractivity contribution >= 4 is 41.3 Å². The zero-order chi connectivity index (χ0) is 19.8. The molecule has 1 aliphatic heterocycles. The summed E-state index contributed by atoms with van der Waals surface area (Å²) in [6, 6.07) is 0. The molecule has 1 aromatic heterocycles. The molecule has 1 saturated heterocycles. The Kier molecular flexibility index (Phi) is 10.6. The number of morpholine rings is 1. The summed E-state index contributed by atoms with van der Waals surface area (Å²) in [5.74, 6) is 1.00. The summed E-state index contributed by atoms with van der Waals surface area (Å²) in [6.45, 7) is 11.8. The van der Waals surface area contributed by atoms with Crippen molar-refractivity contribution < 1.29 is 4.74 Å². The standard InChI is InChI=1S/C21H37N5OS.HI/c1-4-22-20(25(3)14-19-15-28-18(2)24-19)23-16-21(8-6-5-7-9-21)17-26-10-12-27-13-11-26;/h15H,4-14,16-17H2,1-3H3,(H,22,23);1H. The highest BCUT2D eigenvalue weighted by Crippen LogP contribution is 2.37. The fourth-order valence-electron chi connectivity index (χ4n) is 4.41. The first kappa shape index (κ1) is 24.8. The Morgan fingerprint density at radius 3 is 2.66 bits per heavy atom. The highest BCUT2D eigenvalue weighted by atomic mass is 127. The van der Waals surface area contributed by atoms with Crippen LogP contribution in [0.1, 0.15) is 49.7 Å². The van der Waals surface area contributed by atoms with Crippen LogP contribution in [0, 0.1) is 12.3 Å². The second kappa shape index (κ2) is 12.4. The summed E-state index contributed by atoms with van der Waals surface area (Å²) in [7, 11) is 2.12. The van der Waals surface area contributed by atoms with Gasteiger partial charge in [-0.1, -0.05) is 19.3 Å². The summed E-state index contributed by atoms with van der Waals surface area (Å²) < 4.78 is 5.55. The molecule has 1 aliphatic carbocycles. The van der Waals surface area contributed by atoms with Crippen molar-refractivity contribution in [3.63, 3.8) is 0 Å². The lowest BCUT2D eigenvalue weighted by Crippen LogP contribution is -2.46. The van der Waals surface area contributed by atoms with Crippen molar-refractivity contribution in [1.29, 1.82) is 0 Å². The van der Waals surface area contributed by atoms with Crippen molar-refractivity contribution in [2.24, 2.45) is 10.4 Å². The molecule has 0 bridgehead atoms. The summed E-state index contributed by atoms with van der Waals surface area (Å²) in [5, 5.41) is 6.76. The summed E-state index contributed by atoms with van der Waals surface area (Å²) >= 11 is 1.71. The maximum Gasteiger partial charge on any atom is 0.194 e. The van der Waals surface area contributed by atoms with Crippen LogP contribution in [0.4, 0.5) is 0 Å². The molecule has 29 heavy (non-hydrogen) atoms. The van der Waals surface area contributed by atoms with E-state index in [0.29, 0.717) is 5.41 Å². The predicted octanol–water partition coefficient (Wildman–Crippen LogP) is 3.75. The van der Waals surface area contributed by atoms with Gasteiger partial charge >= 0.3 is 0 Å². The number of ether oxygens (including phenoxy) is 1. The van der Waals surface area contributed by atoms with Gasteiger partial charge in [-0.05, 0) is 26.7 Å². The number of rotatable bonds is 7. The molecular formula is C21H38IN5OS. The molecule has 0 aromatic carbocycles. The van der Waals surface area contributed by atoms with E-state index in [2.05, 4.69) is 46.4 Å². The minimum Gasteiger partial charge on any atom is -0.379 e. The van der Waals surface area contributed by atoms with Crippen LogP contribution in [-0.4, -0.2) is 73.7 Å². The number of thiazole rings is 1. The second-order valence-electron chi connectivity index (χ2n) is 8.33. The van der Waals surface area contributed by atoms with E-state index in [-0.39, 0.29) is 24.0 Å². The third-order valence-electron chi connectivity index (χ3n) is 5.90. The van der Waals surface area contributed by atoms with Crippen LogP contribution in [0.3, 0.4) is 0 Å². The van der Waals surface area contributed by atoms with Crippen LogP contribution >= 0.6 is 35.3 Å². The molecule has 2 fully saturated rings. The zero-order valence-corrected chi connectivity index (χ0v) is 21.4. The number of nitrogens with zero attached hydrogens (tertiary/aromatic N) is 4. The van der Waals surface area contributed by atoms with Gasteiger partial charge in [0.2, 0.25) is 0 Å². The molecule has 1 N–H and O–H groups in total. The maximum absolute atomic E-state index is 5.55. The number of aliphatic imine (C=N–C) groups is 1. The highest BCUT2D eigenvalue weighted by Gasteiger charge is 2.34. The molecule has 0 amide bonds. The van der Waals surface area contributed by atoms with Gasteiger partial charge in [-0.2, -0.15) is 0 Å². The van der Waals surface area contributed by atoms with Crippen LogP contribution in [0.15, 0.2) is 10.4 Å². The van der Waals surface area contributed by atoms with E-state index in [0.717, 1.165) is 69.1 Å². The highest BCUT2D eigenvalue weighted by molar-refractivity contribution is 14.0. The number of nitrogens with one attached hydrogen (secondary N) is 1. The summed E-state index contributed by atoms with van der Waals surface area (Å²) in [5.41, 5.74) is 1.44. The molecule has 0 atom stereocenters. The third-order valence-corrected chi connectivity index (χ3v) is 6.73. The summed E-state index contributed by atoms with van der Waals surface area (Å²) in [6.07, 6.45) is 6.64. The lowest BCUT2D eigenvalue weighted by molar-refractivity contribution is 0.00933. The van der Waals surface area contributed by atoms with E-state index in [1.165, 1.54) is 32.1 Å². The molecular weight excluding hydrogens is 497 g/mol. The molecule has 1 aromatic rings. The number of halogens is 1. The van der Waals surface area contributed by atoms with E-state index in [9.17, 15) is 0 Å². The number of aromatic nitrogens is 1. The Labute approximate surface area is 197 Å². The van der Waals surface area contributed by atoms with Crippen LogP contribution in [0.2, 0.25) is 0 Å².